The molecule has 0 rings (SSSR count). The van der Waals surface area contributed by atoms with Crippen LogP contribution in [-0.4, -0.2) is 36.4 Å². The lowest BCUT2D eigenvalue weighted by atomic mass is 10.0. The Morgan fingerprint density at radius 1 is 0.367 bits per heavy atom. The molecule has 0 saturated carbocycles. The van der Waals surface area contributed by atoms with Crippen LogP contribution in [0.15, 0.2) is 0 Å². The molecule has 0 aromatic heterocycles. The lowest BCUT2D eigenvalue weighted by Crippen LogP contribution is -2.25. The molecule has 0 spiro atoms. The van der Waals surface area contributed by atoms with E-state index in [1.807, 2.05) is 0 Å². The van der Waals surface area contributed by atoms with Crippen molar-refractivity contribution in [1.82, 2.24) is 0 Å². The van der Waals surface area contributed by atoms with Gasteiger partial charge in [0.1, 0.15) is 19.3 Å². The maximum Gasteiger partial charge on any atom is 0.305 e. The summed E-state index contributed by atoms with van der Waals surface area (Å²) in [5.41, 5.74) is 0. The van der Waals surface area contributed by atoms with Gasteiger partial charge in [-0.25, -0.2) is 0 Å². The summed E-state index contributed by atoms with van der Waals surface area (Å²) in [6, 6.07) is 0. The number of hydrogen-bond donors (Lipinski definition) is 1. The van der Waals surface area contributed by atoms with Gasteiger partial charge in [-0.3, -0.25) is 9.59 Å². The van der Waals surface area contributed by atoms with Crippen LogP contribution in [0.1, 0.15) is 240 Å². The van der Waals surface area contributed by atoms with Crippen molar-refractivity contribution in [3.63, 3.8) is 0 Å². The van der Waals surface area contributed by atoms with E-state index < -0.39 is 6.10 Å². The number of ether oxygens (including phenoxy) is 2. The summed E-state index contributed by atoms with van der Waals surface area (Å²) in [6.07, 6.45) is 40.2. The predicted molar refractivity (Wildman–Crippen MR) is 210 cm³/mol. The standard InChI is InChI=1S/C44H86O5/c1-40(2)34-30-26-22-18-14-10-6-5-7-12-16-20-24-28-32-36-43(46)48-38-42(45)39-49-44(47)37-33-29-25-21-17-13-9-8-11-15-19-23-27-31-35-41(3)4/h40-42,45H,5-39H2,1-4H3/t42-/m0/s1. The predicted octanol–water partition coefficient (Wildman–Crippen LogP) is 13.6. The first kappa shape index (κ1) is 47.9. The molecule has 0 aromatic carbocycles. The Morgan fingerprint density at radius 3 is 0.796 bits per heavy atom. The Kier molecular flexibility index (Phi) is 37.3. The fourth-order valence-corrected chi connectivity index (χ4v) is 6.63. The van der Waals surface area contributed by atoms with Crippen molar-refractivity contribution < 1.29 is 24.2 Å². The second-order valence-electron chi connectivity index (χ2n) is 16.1. The van der Waals surface area contributed by atoms with Crippen LogP contribution in [0.4, 0.5) is 0 Å². The normalized spacial score (nSPS) is 12.2. The van der Waals surface area contributed by atoms with Gasteiger partial charge in [0.25, 0.3) is 0 Å². The van der Waals surface area contributed by atoms with Crippen molar-refractivity contribution in [2.75, 3.05) is 13.2 Å². The SMILES string of the molecule is CC(C)CCCCCCCCCCCCCCCCCC(=O)OC[C@H](O)COC(=O)CCCCCCCCCCCCCCCCC(C)C. The molecule has 5 nitrogen and oxygen atoms in total. The number of rotatable bonds is 39. The number of unbranched alkanes of at least 4 members (excludes halogenated alkanes) is 27. The van der Waals surface area contributed by atoms with Crippen molar-refractivity contribution in [2.24, 2.45) is 11.8 Å². The van der Waals surface area contributed by atoms with Gasteiger partial charge in [0.05, 0.1) is 0 Å². The maximum atomic E-state index is 12.0. The van der Waals surface area contributed by atoms with Gasteiger partial charge < -0.3 is 14.6 Å². The highest BCUT2D eigenvalue weighted by molar-refractivity contribution is 5.69. The molecular weight excluding hydrogens is 608 g/mol. The minimum atomic E-state index is -0.956. The maximum absolute atomic E-state index is 12.0. The van der Waals surface area contributed by atoms with Gasteiger partial charge >= 0.3 is 11.9 Å². The molecule has 0 bridgehead atoms. The molecule has 1 atom stereocenters. The van der Waals surface area contributed by atoms with E-state index in [0.717, 1.165) is 37.5 Å². The number of carbonyl (C=O) groups is 2. The van der Waals surface area contributed by atoms with E-state index in [4.69, 9.17) is 9.47 Å². The van der Waals surface area contributed by atoms with Crippen molar-refractivity contribution in [3.8, 4) is 0 Å². The summed E-state index contributed by atoms with van der Waals surface area (Å²) in [4.78, 5) is 24.0. The van der Waals surface area contributed by atoms with Gasteiger partial charge in [0, 0.05) is 12.8 Å². The number of aliphatic hydroxyl groups excluding tert-OH is 1. The number of aliphatic hydroxyl groups is 1. The molecule has 5 heteroatoms. The molecule has 0 aliphatic carbocycles. The number of hydrogen-bond acceptors (Lipinski definition) is 5. The fourth-order valence-electron chi connectivity index (χ4n) is 6.63. The van der Waals surface area contributed by atoms with Gasteiger partial charge in [-0.05, 0) is 24.7 Å². The Balaban J connectivity index is 3.36. The van der Waals surface area contributed by atoms with E-state index in [1.54, 1.807) is 0 Å². The van der Waals surface area contributed by atoms with E-state index in [2.05, 4.69) is 27.7 Å². The summed E-state index contributed by atoms with van der Waals surface area (Å²) >= 11 is 0. The first-order chi connectivity index (χ1) is 23.8. The van der Waals surface area contributed by atoms with Crippen LogP contribution in [0.5, 0.6) is 0 Å². The van der Waals surface area contributed by atoms with E-state index in [-0.39, 0.29) is 25.2 Å². The van der Waals surface area contributed by atoms with Crippen molar-refractivity contribution in [3.05, 3.63) is 0 Å². The minimum Gasteiger partial charge on any atom is -0.463 e. The van der Waals surface area contributed by atoms with E-state index in [9.17, 15) is 14.7 Å². The average Bonchev–Trinajstić information content (AvgIpc) is 3.07. The summed E-state index contributed by atoms with van der Waals surface area (Å²) in [5.74, 6) is 1.16. The zero-order valence-corrected chi connectivity index (χ0v) is 33.6. The minimum absolute atomic E-state index is 0.108. The van der Waals surface area contributed by atoms with Gasteiger partial charge in [-0.1, -0.05) is 214 Å². The van der Waals surface area contributed by atoms with E-state index >= 15 is 0 Å². The molecule has 0 fully saturated rings. The molecule has 292 valence electrons. The summed E-state index contributed by atoms with van der Waals surface area (Å²) in [6.45, 7) is 9.06. The average molecular weight is 695 g/mol. The molecule has 1 N–H and O–H groups in total. The summed E-state index contributed by atoms with van der Waals surface area (Å²) in [5, 5.41) is 10.0. The molecule has 0 unspecified atom stereocenters. The smallest absolute Gasteiger partial charge is 0.305 e. The topological polar surface area (TPSA) is 72.8 Å². The molecule has 0 saturated heterocycles. The van der Waals surface area contributed by atoms with E-state index in [0.29, 0.717) is 12.8 Å². The fraction of sp³-hybridized carbons (Fsp3) is 0.955. The van der Waals surface area contributed by atoms with E-state index in [1.165, 1.54) is 173 Å². The Hall–Kier alpha value is -1.10. The Labute approximate surface area is 306 Å². The van der Waals surface area contributed by atoms with Crippen LogP contribution in [-0.2, 0) is 19.1 Å². The Bertz CT molecular complexity index is 691. The molecule has 0 aliphatic rings. The highest BCUT2D eigenvalue weighted by atomic mass is 16.6. The van der Waals surface area contributed by atoms with Crippen LogP contribution >= 0.6 is 0 Å². The third kappa shape index (κ3) is 41.2. The van der Waals surface area contributed by atoms with Gasteiger partial charge in [-0.2, -0.15) is 0 Å². The van der Waals surface area contributed by atoms with Gasteiger partial charge in [0.15, 0.2) is 0 Å². The lowest BCUT2D eigenvalue weighted by molar-refractivity contribution is -0.152. The first-order valence-corrected chi connectivity index (χ1v) is 21.8. The molecule has 0 amide bonds. The van der Waals surface area contributed by atoms with Gasteiger partial charge in [0.2, 0.25) is 0 Å². The highest BCUT2D eigenvalue weighted by Crippen LogP contribution is 2.17. The first-order valence-electron chi connectivity index (χ1n) is 21.8. The van der Waals surface area contributed by atoms with Gasteiger partial charge in [-0.15, -0.1) is 0 Å². The summed E-state index contributed by atoms with van der Waals surface area (Å²) < 4.78 is 10.4. The zero-order chi connectivity index (χ0) is 36.0. The lowest BCUT2D eigenvalue weighted by Gasteiger charge is -2.12. The van der Waals surface area contributed by atoms with Crippen LogP contribution in [0.2, 0.25) is 0 Å². The molecule has 0 radical (unpaired) electrons. The van der Waals surface area contributed by atoms with Crippen LogP contribution in [0.3, 0.4) is 0 Å². The summed E-state index contributed by atoms with van der Waals surface area (Å²) in [7, 11) is 0. The van der Waals surface area contributed by atoms with Crippen molar-refractivity contribution in [2.45, 2.75) is 246 Å². The third-order valence-electron chi connectivity index (χ3n) is 9.95. The second kappa shape index (κ2) is 38.1. The largest absolute Gasteiger partial charge is 0.463 e. The zero-order valence-electron chi connectivity index (χ0n) is 33.6. The van der Waals surface area contributed by atoms with Crippen LogP contribution < -0.4 is 0 Å². The van der Waals surface area contributed by atoms with Crippen LogP contribution in [0, 0.1) is 11.8 Å². The Morgan fingerprint density at radius 2 is 0.571 bits per heavy atom. The molecule has 0 aromatic rings. The van der Waals surface area contributed by atoms with Crippen molar-refractivity contribution in [1.29, 1.82) is 0 Å². The van der Waals surface area contributed by atoms with Crippen LogP contribution in [0.25, 0.3) is 0 Å². The second-order valence-corrected chi connectivity index (χ2v) is 16.1. The molecule has 0 aliphatic heterocycles. The third-order valence-corrected chi connectivity index (χ3v) is 9.95. The molecule has 49 heavy (non-hydrogen) atoms. The quantitative estimate of drug-likeness (QED) is 0.0512. The monoisotopic (exact) mass is 695 g/mol. The highest BCUT2D eigenvalue weighted by Gasteiger charge is 2.12. The number of esters is 2. The van der Waals surface area contributed by atoms with Crippen molar-refractivity contribution >= 4 is 11.9 Å². The molecule has 0 heterocycles. The number of carbonyl (C=O) groups excluding carboxylic acids is 2. The molecular formula is C44H86O5.